The molecule has 0 radical (unpaired) electrons. The maximum absolute atomic E-state index is 12.2. The summed E-state index contributed by atoms with van der Waals surface area (Å²) in [4.78, 5) is 24.4. The molecule has 0 aliphatic carbocycles. The van der Waals surface area contributed by atoms with E-state index < -0.39 is 17.7 Å². The highest BCUT2D eigenvalue weighted by atomic mass is 35.5. The summed E-state index contributed by atoms with van der Waals surface area (Å²) >= 11 is 6.07. The molecule has 6 heteroatoms. The highest BCUT2D eigenvalue weighted by molar-refractivity contribution is 6.30. The maximum Gasteiger partial charge on any atom is 0.337 e. The van der Waals surface area contributed by atoms with Gasteiger partial charge >= 0.3 is 5.97 Å². The van der Waals surface area contributed by atoms with Gasteiger partial charge in [0.15, 0.2) is 6.10 Å². The first-order valence-corrected chi connectivity index (χ1v) is 9.67. The van der Waals surface area contributed by atoms with Gasteiger partial charge in [-0.1, -0.05) is 23.7 Å². The van der Waals surface area contributed by atoms with Gasteiger partial charge in [0.2, 0.25) is 0 Å². The number of ether oxygens (including phenoxy) is 1. The lowest BCUT2D eigenvalue weighted by molar-refractivity contribution is -0.160. The molecule has 1 atom stereocenters. The minimum absolute atomic E-state index is 0.132. The van der Waals surface area contributed by atoms with E-state index in [9.17, 15) is 14.7 Å². The molecule has 29 heavy (non-hydrogen) atoms. The Balaban J connectivity index is 2.45. The molecule has 0 saturated heterocycles. The first-order chi connectivity index (χ1) is 13.5. The molecule has 3 aromatic rings. The lowest BCUT2D eigenvalue weighted by Crippen LogP contribution is -2.28. The summed E-state index contributed by atoms with van der Waals surface area (Å²) in [6.07, 6.45) is -1.16. The summed E-state index contributed by atoms with van der Waals surface area (Å²) in [6, 6.07) is 12.3. The molecular formula is C23H24ClNO4. The van der Waals surface area contributed by atoms with E-state index in [1.54, 1.807) is 29.8 Å². The van der Waals surface area contributed by atoms with E-state index in [2.05, 4.69) is 0 Å². The van der Waals surface area contributed by atoms with E-state index in [-0.39, 0.29) is 5.56 Å². The zero-order chi connectivity index (χ0) is 21.5. The summed E-state index contributed by atoms with van der Waals surface area (Å²) in [5.41, 5.74) is 2.77. The third-order valence-corrected chi connectivity index (χ3v) is 5.02. The average Bonchev–Trinajstić information content (AvgIpc) is 2.62. The molecule has 0 fully saturated rings. The summed E-state index contributed by atoms with van der Waals surface area (Å²) in [5, 5.41) is 11.4. The molecule has 2 aromatic carbocycles. The van der Waals surface area contributed by atoms with Gasteiger partial charge in [-0.3, -0.25) is 4.79 Å². The first kappa shape index (κ1) is 21.1. The summed E-state index contributed by atoms with van der Waals surface area (Å²) in [6.45, 7) is 7.31. The molecule has 152 valence electrons. The van der Waals surface area contributed by atoms with Crippen molar-refractivity contribution in [3.8, 4) is 11.1 Å². The Bertz CT molecular complexity index is 1140. The van der Waals surface area contributed by atoms with E-state index in [1.165, 1.54) is 6.07 Å². The fraction of sp³-hybridized carbons (Fsp3) is 0.304. The van der Waals surface area contributed by atoms with Gasteiger partial charge in [0, 0.05) is 29.1 Å². The van der Waals surface area contributed by atoms with Crippen molar-refractivity contribution in [1.82, 2.24) is 4.57 Å². The van der Waals surface area contributed by atoms with Gasteiger partial charge in [0.05, 0.1) is 11.1 Å². The fourth-order valence-corrected chi connectivity index (χ4v) is 3.64. The molecule has 5 nitrogen and oxygen atoms in total. The van der Waals surface area contributed by atoms with Crippen LogP contribution in [0, 0.1) is 6.92 Å². The number of nitrogens with zero attached hydrogens (tertiary/aromatic N) is 1. The van der Waals surface area contributed by atoms with Crippen LogP contribution in [0.25, 0.3) is 22.0 Å². The SMILES string of the molecule is Cc1cc2c(ccc(=O)n2C)c(-c2ccc(Cl)cc2)c1[C@H](OC(C)(C)C)C(=O)O. The zero-order valence-corrected chi connectivity index (χ0v) is 17.9. The largest absolute Gasteiger partial charge is 0.479 e. The molecule has 1 heterocycles. The van der Waals surface area contributed by atoms with Gasteiger partial charge in [-0.05, 0) is 68.7 Å². The lowest BCUT2D eigenvalue weighted by Gasteiger charge is -2.28. The molecule has 0 saturated carbocycles. The molecule has 0 spiro atoms. The Labute approximate surface area is 174 Å². The van der Waals surface area contributed by atoms with Crippen LogP contribution >= 0.6 is 11.6 Å². The molecule has 0 unspecified atom stereocenters. The van der Waals surface area contributed by atoms with Gasteiger partial charge in [0.1, 0.15) is 0 Å². The van der Waals surface area contributed by atoms with Gasteiger partial charge in [-0.25, -0.2) is 4.79 Å². The van der Waals surface area contributed by atoms with Crippen molar-refractivity contribution in [2.45, 2.75) is 39.4 Å². The smallest absolute Gasteiger partial charge is 0.337 e. The summed E-state index contributed by atoms with van der Waals surface area (Å²) in [5.74, 6) is -1.07. The zero-order valence-electron chi connectivity index (χ0n) is 17.1. The van der Waals surface area contributed by atoms with Crippen LogP contribution in [-0.2, 0) is 16.6 Å². The number of hydrogen-bond acceptors (Lipinski definition) is 3. The summed E-state index contributed by atoms with van der Waals surface area (Å²) in [7, 11) is 1.70. The first-order valence-electron chi connectivity index (χ1n) is 9.29. The van der Waals surface area contributed by atoms with Gasteiger partial charge in [-0.2, -0.15) is 0 Å². The topological polar surface area (TPSA) is 68.5 Å². The third kappa shape index (κ3) is 4.21. The second-order valence-electron chi connectivity index (χ2n) is 8.10. The van der Waals surface area contributed by atoms with E-state index >= 15 is 0 Å². The Morgan fingerprint density at radius 1 is 1.14 bits per heavy atom. The molecule has 0 aliphatic rings. The van der Waals surface area contributed by atoms with E-state index in [0.29, 0.717) is 10.6 Å². The second kappa shape index (κ2) is 7.65. The number of aryl methyl sites for hydroxylation is 2. The molecule has 3 rings (SSSR count). The Morgan fingerprint density at radius 2 is 1.76 bits per heavy atom. The number of rotatable bonds is 4. The number of benzene rings is 2. The highest BCUT2D eigenvalue weighted by Crippen LogP contribution is 2.40. The minimum atomic E-state index is -1.16. The fourth-order valence-electron chi connectivity index (χ4n) is 3.51. The number of aromatic nitrogens is 1. The monoisotopic (exact) mass is 413 g/mol. The molecule has 1 aromatic heterocycles. The van der Waals surface area contributed by atoms with Crippen molar-refractivity contribution in [3.05, 3.63) is 69.0 Å². The van der Waals surface area contributed by atoms with Gasteiger partial charge < -0.3 is 14.4 Å². The van der Waals surface area contributed by atoms with Crippen LogP contribution in [0.2, 0.25) is 5.02 Å². The quantitative estimate of drug-likeness (QED) is 0.645. The van der Waals surface area contributed by atoms with Crippen LogP contribution in [0.5, 0.6) is 0 Å². The molecule has 0 bridgehead atoms. The van der Waals surface area contributed by atoms with E-state index in [1.807, 2.05) is 45.9 Å². The lowest BCUT2D eigenvalue weighted by atomic mass is 9.88. The molecular weight excluding hydrogens is 390 g/mol. The number of carboxylic acid groups (broad SMARTS) is 1. The van der Waals surface area contributed by atoms with Crippen molar-refractivity contribution >= 4 is 28.5 Å². The highest BCUT2D eigenvalue weighted by Gasteiger charge is 2.31. The second-order valence-corrected chi connectivity index (χ2v) is 8.54. The average molecular weight is 414 g/mol. The number of hydrogen-bond donors (Lipinski definition) is 1. The van der Waals surface area contributed by atoms with Crippen LogP contribution in [0.3, 0.4) is 0 Å². The number of carboxylic acids is 1. The van der Waals surface area contributed by atoms with Crippen LogP contribution in [0.4, 0.5) is 0 Å². The van der Waals surface area contributed by atoms with Crippen molar-refractivity contribution in [2.75, 3.05) is 0 Å². The minimum Gasteiger partial charge on any atom is -0.479 e. The van der Waals surface area contributed by atoms with Crippen LogP contribution in [0.1, 0.15) is 38.0 Å². The number of fused-ring (bicyclic) bond motifs is 1. The molecule has 0 aliphatic heterocycles. The molecule has 0 amide bonds. The predicted octanol–water partition coefficient (Wildman–Crippen LogP) is 5.11. The Kier molecular flexibility index (Phi) is 5.57. The van der Waals surface area contributed by atoms with Crippen LogP contribution < -0.4 is 5.56 Å². The van der Waals surface area contributed by atoms with E-state index in [0.717, 1.165) is 27.6 Å². The Morgan fingerprint density at radius 3 is 2.31 bits per heavy atom. The third-order valence-electron chi connectivity index (χ3n) is 4.77. The maximum atomic E-state index is 12.2. The number of halogens is 1. The van der Waals surface area contributed by atoms with Crippen molar-refractivity contribution < 1.29 is 14.6 Å². The number of carbonyl (C=O) groups is 1. The van der Waals surface area contributed by atoms with Crippen molar-refractivity contribution in [2.24, 2.45) is 7.05 Å². The van der Waals surface area contributed by atoms with Gasteiger partial charge in [0.25, 0.3) is 5.56 Å². The van der Waals surface area contributed by atoms with Crippen LogP contribution in [-0.4, -0.2) is 21.2 Å². The number of aliphatic carboxylic acids is 1. The van der Waals surface area contributed by atoms with Crippen molar-refractivity contribution in [3.63, 3.8) is 0 Å². The van der Waals surface area contributed by atoms with E-state index in [4.69, 9.17) is 16.3 Å². The molecule has 1 N–H and O–H groups in total. The predicted molar refractivity (Wildman–Crippen MR) is 116 cm³/mol. The van der Waals surface area contributed by atoms with Crippen molar-refractivity contribution in [1.29, 1.82) is 0 Å². The number of pyridine rings is 1. The Hall–Kier alpha value is -2.63. The summed E-state index contributed by atoms with van der Waals surface area (Å²) < 4.78 is 7.52. The van der Waals surface area contributed by atoms with Crippen LogP contribution in [0.15, 0.2) is 47.3 Å². The normalized spacial score (nSPS) is 12.9. The van der Waals surface area contributed by atoms with Gasteiger partial charge in [-0.15, -0.1) is 0 Å². The standard InChI is InChI=1S/C23H24ClNO4/c1-13-12-17-16(10-11-18(26)25(17)5)20(14-6-8-15(24)9-7-14)19(13)21(22(27)28)29-23(2,3)4/h6-12,21H,1-5H3,(H,27,28)/t21-/m0/s1.